The molecule has 2 rings (SSSR count). The molecule has 0 bridgehead atoms. The van der Waals surface area contributed by atoms with Crippen LogP contribution in [0.5, 0.6) is 0 Å². The van der Waals surface area contributed by atoms with Crippen molar-refractivity contribution in [2.45, 2.75) is 32.6 Å². The summed E-state index contributed by atoms with van der Waals surface area (Å²) in [6, 6.07) is 2.27. The quantitative estimate of drug-likeness (QED) is 0.676. The molecule has 1 aromatic heterocycles. The van der Waals surface area contributed by atoms with Gasteiger partial charge >= 0.3 is 0 Å². The molecule has 1 fully saturated rings. The topological polar surface area (TPSA) is 16.1 Å². The first-order chi connectivity index (χ1) is 6.57. The molecule has 0 atom stereocenters. The van der Waals surface area contributed by atoms with Gasteiger partial charge in [0.25, 0.3) is 0 Å². The maximum absolute atomic E-state index is 4.31. The molecule has 14 heavy (non-hydrogen) atoms. The van der Waals surface area contributed by atoms with Crippen LogP contribution >= 0.6 is 0 Å². The fourth-order valence-electron chi connectivity index (χ4n) is 1.59. The van der Waals surface area contributed by atoms with Gasteiger partial charge in [0, 0.05) is 19.3 Å². The summed E-state index contributed by atoms with van der Waals surface area (Å²) < 4.78 is 0. The Morgan fingerprint density at radius 3 is 2.43 bits per heavy atom. The SMILES string of the molecule is CC(C)(C)c1cncc(N2CCC2)c1. The summed E-state index contributed by atoms with van der Waals surface area (Å²) in [6.07, 6.45) is 5.26. The number of pyridine rings is 1. The van der Waals surface area contributed by atoms with Crippen molar-refractivity contribution < 1.29 is 0 Å². The van der Waals surface area contributed by atoms with Crippen LogP contribution in [-0.4, -0.2) is 18.1 Å². The molecular weight excluding hydrogens is 172 g/mol. The highest BCUT2D eigenvalue weighted by Gasteiger charge is 2.18. The Balaban J connectivity index is 2.26. The summed E-state index contributed by atoms with van der Waals surface area (Å²) >= 11 is 0. The highest BCUT2D eigenvalue weighted by Crippen LogP contribution is 2.26. The summed E-state index contributed by atoms with van der Waals surface area (Å²) in [5.41, 5.74) is 2.80. The van der Waals surface area contributed by atoms with Gasteiger partial charge in [0.2, 0.25) is 0 Å². The molecule has 0 aliphatic carbocycles. The first kappa shape index (κ1) is 9.50. The van der Waals surface area contributed by atoms with Gasteiger partial charge in [-0.3, -0.25) is 4.98 Å². The van der Waals surface area contributed by atoms with Gasteiger partial charge in [0.05, 0.1) is 11.9 Å². The van der Waals surface area contributed by atoms with Crippen LogP contribution in [0.1, 0.15) is 32.8 Å². The predicted molar refractivity (Wildman–Crippen MR) is 59.8 cm³/mol. The molecule has 76 valence electrons. The van der Waals surface area contributed by atoms with Crippen LogP contribution < -0.4 is 4.90 Å². The van der Waals surface area contributed by atoms with Gasteiger partial charge in [-0.05, 0) is 23.5 Å². The molecule has 0 saturated carbocycles. The van der Waals surface area contributed by atoms with Crippen molar-refractivity contribution in [3.05, 3.63) is 24.0 Å². The predicted octanol–water partition coefficient (Wildman–Crippen LogP) is 2.59. The number of aromatic nitrogens is 1. The summed E-state index contributed by atoms with van der Waals surface area (Å²) in [4.78, 5) is 6.69. The van der Waals surface area contributed by atoms with Crippen molar-refractivity contribution in [2.24, 2.45) is 0 Å². The fraction of sp³-hybridized carbons (Fsp3) is 0.583. The lowest BCUT2D eigenvalue weighted by molar-refractivity contribution is 0.582. The smallest absolute Gasteiger partial charge is 0.0555 e. The van der Waals surface area contributed by atoms with E-state index in [1.165, 1.54) is 30.8 Å². The zero-order chi connectivity index (χ0) is 10.2. The second-order valence-corrected chi connectivity index (χ2v) is 5.02. The molecule has 0 unspecified atom stereocenters. The maximum Gasteiger partial charge on any atom is 0.0555 e. The molecule has 0 aromatic carbocycles. The number of hydrogen-bond acceptors (Lipinski definition) is 2. The first-order valence-electron chi connectivity index (χ1n) is 5.28. The molecule has 2 heterocycles. The summed E-state index contributed by atoms with van der Waals surface area (Å²) in [7, 11) is 0. The van der Waals surface area contributed by atoms with E-state index in [1.54, 1.807) is 0 Å². The van der Waals surface area contributed by atoms with Crippen LogP contribution in [0.4, 0.5) is 5.69 Å². The Kier molecular flexibility index (Phi) is 2.22. The fourth-order valence-corrected chi connectivity index (χ4v) is 1.59. The second-order valence-electron chi connectivity index (χ2n) is 5.02. The molecule has 0 amide bonds. The van der Waals surface area contributed by atoms with Crippen molar-refractivity contribution in [1.82, 2.24) is 4.98 Å². The van der Waals surface area contributed by atoms with Gasteiger partial charge in [0.1, 0.15) is 0 Å². The third kappa shape index (κ3) is 1.74. The molecular formula is C12H18N2. The van der Waals surface area contributed by atoms with Gasteiger partial charge in [-0.15, -0.1) is 0 Å². The van der Waals surface area contributed by atoms with Crippen LogP contribution in [0, 0.1) is 0 Å². The van der Waals surface area contributed by atoms with E-state index in [0.29, 0.717) is 0 Å². The van der Waals surface area contributed by atoms with Crippen molar-refractivity contribution >= 4 is 5.69 Å². The Morgan fingerprint density at radius 2 is 1.93 bits per heavy atom. The van der Waals surface area contributed by atoms with Crippen LogP contribution in [0.2, 0.25) is 0 Å². The van der Waals surface area contributed by atoms with Crippen molar-refractivity contribution in [3.8, 4) is 0 Å². The molecule has 0 spiro atoms. The summed E-state index contributed by atoms with van der Waals surface area (Å²) in [5, 5.41) is 0. The maximum atomic E-state index is 4.31. The highest BCUT2D eigenvalue weighted by molar-refractivity contribution is 5.49. The summed E-state index contributed by atoms with van der Waals surface area (Å²) in [6.45, 7) is 9.06. The minimum atomic E-state index is 0.202. The Hall–Kier alpha value is -1.05. The molecule has 2 heteroatoms. The van der Waals surface area contributed by atoms with Crippen molar-refractivity contribution in [3.63, 3.8) is 0 Å². The molecule has 1 saturated heterocycles. The zero-order valence-electron chi connectivity index (χ0n) is 9.25. The standard InChI is InChI=1S/C12H18N2/c1-12(2,3)10-7-11(9-13-8-10)14-5-4-6-14/h7-9H,4-6H2,1-3H3. The van der Waals surface area contributed by atoms with Crippen LogP contribution in [0.15, 0.2) is 18.5 Å². The van der Waals surface area contributed by atoms with E-state index in [9.17, 15) is 0 Å². The van der Waals surface area contributed by atoms with Gasteiger partial charge in [-0.2, -0.15) is 0 Å². The van der Waals surface area contributed by atoms with Gasteiger partial charge in [0.15, 0.2) is 0 Å². The largest absolute Gasteiger partial charge is 0.370 e. The lowest BCUT2D eigenvalue weighted by atomic mass is 9.88. The third-order valence-corrected chi connectivity index (χ3v) is 2.81. The van der Waals surface area contributed by atoms with Crippen LogP contribution in [0.3, 0.4) is 0 Å². The number of hydrogen-bond donors (Lipinski definition) is 0. The van der Waals surface area contributed by atoms with E-state index >= 15 is 0 Å². The Labute approximate surface area is 86.0 Å². The van der Waals surface area contributed by atoms with E-state index in [1.807, 2.05) is 12.4 Å². The van der Waals surface area contributed by atoms with E-state index < -0.39 is 0 Å². The minimum absolute atomic E-state index is 0.202. The average Bonchev–Trinajstić information content (AvgIpc) is 2.00. The molecule has 0 radical (unpaired) electrons. The lowest BCUT2D eigenvalue weighted by Crippen LogP contribution is -2.37. The number of nitrogens with zero attached hydrogens (tertiary/aromatic N) is 2. The monoisotopic (exact) mass is 190 g/mol. The first-order valence-corrected chi connectivity index (χ1v) is 5.28. The van der Waals surface area contributed by atoms with E-state index in [-0.39, 0.29) is 5.41 Å². The van der Waals surface area contributed by atoms with E-state index in [4.69, 9.17) is 0 Å². The Bertz CT molecular complexity index is 321. The number of rotatable bonds is 1. The Morgan fingerprint density at radius 1 is 1.21 bits per heavy atom. The van der Waals surface area contributed by atoms with E-state index in [0.717, 1.165) is 0 Å². The number of anilines is 1. The molecule has 1 aromatic rings. The average molecular weight is 190 g/mol. The second kappa shape index (κ2) is 3.26. The zero-order valence-corrected chi connectivity index (χ0v) is 9.25. The molecule has 1 aliphatic rings. The third-order valence-electron chi connectivity index (χ3n) is 2.81. The van der Waals surface area contributed by atoms with Gasteiger partial charge in [-0.25, -0.2) is 0 Å². The van der Waals surface area contributed by atoms with E-state index in [2.05, 4.69) is 36.7 Å². The molecule has 2 nitrogen and oxygen atoms in total. The minimum Gasteiger partial charge on any atom is -0.370 e. The van der Waals surface area contributed by atoms with Crippen molar-refractivity contribution in [1.29, 1.82) is 0 Å². The highest BCUT2D eigenvalue weighted by atomic mass is 15.2. The normalized spacial score (nSPS) is 16.6. The van der Waals surface area contributed by atoms with Gasteiger partial charge < -0.3 is 4.90 Å². The van der Waals surface area contributed by atoms with Gasteiger partial charge in [-0.1, -0.05) is 20.8 Å². The van der Waals surface area contributed by atoms with Crippen LogP contribution in [-0.2, 0) is 5.41 Å². The van der Waals surface area contributed by atoms with Crippen LogP contribution in [0.25, 0.3) is 0 Å². The molecule has 0 N–H and O–H groups in total. The summed E-state index contributed by atoms with van der Waals surface area (Å²) in [5.74, 6) is 0. The van der Waals surface area contributed by atoms with Crippen molar-refractivity contribution in [2.75, 3.05) is 18.0 Å². The lowest BCUT2D eigenvalue weighted by Gasteiger charge is -2.33. The molecule has 1 aliphatic heterocycles.